The van der Waals surface area contributed by atoms with Crippen LogP contribution in [0.15, 0.2) is 58.0 Å². The molecule has 0 bridgehead atoms. The second-order valence-electron chi connectivity index (χ2n) is 5.85. The van der Waals surface area contributed by atoms with Crippen molar-refractivity contribution in [3.05, 3.63) is 58.6 Å². The van der Waals surface area contributed by atoms with Crippen molar-refractivity contribution in [2.24, 2.45) is 10.7 Å². The maximum Gasteiger partial charge on any atom is 0.193 e. The van der Waals surface area contributed by atoms with Crippen LogP contribution in [0.3, 0.4) is 0 Å². The molecule has 0 heterocycles. The lowest BCUT2D eigenvalue weighted by Crippen LogP contribution is -2.25. The Morgan fingerprint density at radius 2 is 2.00 bits per heavy atom. The van der Waals surface area contributed by atoms with Crippen LogP contribution in [0.25, 0.3) is 0 Å². The molecule has 0 aliphatic heterocycles. The minimum Gasteiger partial charge on any atom is -0.497 e. The summed E-state index contributed by atoms with van der Waals surface area (Å²) in [6.45, 7) is 0.701. The third-order valence-electron chi connectivity index (χ3n) is 4.18. The van der Waals surface area contributed by atoms with Crippen LogP contribution in [0.2, 0.25) is 0 Å². The van der Waals surface area contributed by atoms with Crippen molar-refractivity contribution < 1.29 is 4.74 Å². The van der Waals surface area contributed by atoms with Gasteiger partial charge in [-0.3, -0.25) is 4.99 Å². The number of ether oxygens (including phenoxy) is 1. The van der Waals surface area contributed by atoms with E-state index in [2.05, 4.69) is 44.4 Å². The molecule has 0 spiro atoms. The van der Waals surface area contributed by atoms with Gasteiger partial charge in [0.2, 0.25) is 0 Å². The summed E-state index contributed by atoms with van der Waals surface area (Å²) in [5.74, 6) is 1.22. The Bertz CT molecular complexity index is 732. The van der Waals surface area contributed by atoms with E-state index in [1.54, 1.807) is 7.11 Å². The third kappa shape index (κ3) is 4.63. The highest BCUT2D eigenvalue weighted by atomic mass is 127. The van der Waals surface area contributed by atoms with Gasteiger partial charge in [0.05, 0.1) is 13.7 Å². The Balaban J connectivity index is 0.00000208. The number of guanidine groups is 1. The average Bonchev–Trinajstić information content (AvgIpc) is 3.34. The number of hydrogen-bond donors (Lipinski definition) is 2. The van der Waals surface area contributed by atoms with Crippen LogP contribution in [0.4, 0.5) is 5.69 Å². The van der Waals surface area contributed by atoms with Crippen LogP contribution in [-0.2, 0) is 5.41 Å². The molecule has 3 rings (SSSR count). The zero-order chi connectivity index (χ0) is 16.3. The van der Waals surface area contributed by atoms with Crippen molar-refractivity contribution in [3.8, 4) is 5.75 Å². The lowest BCUT2D eigenvalue weighted by molar-refractivity contribution is 0.415. The van der Waals surface area contributed by atoms with Gasteiger partial charge in [-0.2, -0.15) is 0 Å². The number of anilines is 1. The fourth-order valence-corrected chi connectivity index (χ4v) is 3.03. The van der Waals surface area contributed by atoms with E-state index >= 15 is 0 Å². The van der Waals surface area contributed by atoms with Gasteiger partial charge in [-0.15, -0.1) is 24.0 Å². The van der Waals surface area contributed by atoms with E-state index in [-0.39, 0.29) is 29.4 Å². The van der Waals surface area contributed by atoms with Crippen molar-refractivity contribution in [2.45, 2.75) is 18.3 Å². The number of aliphatic imine (C=N–C) groups is 1. The second kappa shape index (κ2) is 8.20. The van der Waals surface area contributed by atoms with E-state index in [4.69, 9.17) is 10.5 Å². The number of nitrogens with zero attached hydrogens (tertiary/aromatic N) is 1. The first-order valence-electron chi connectivity index (χ1n) is 7.58. The van der Waals surface area contributed by atoms with Gasteiger partial charge in [0.15, 0.2) is 5.96 Å². The van der Waals surface area contributed by atoms with E-state index in [1.807, 2.05) is 30.3 Å². The summed E-state index contributed by atoms with van der Waals surface area (Å²) in [5.41, 5.74) is 8.37. The Kier molecular flexibility index (Phi) is 6.51. The van der Waals surface area contributed by atoms with Crippen LogP contribution in [0.1, 0.15) is 18.4 Å². The first-order chi connectivity index (χ1) is 11.1. The molecule has 0 amide bonds. The summed E-state index contributed by atoms with van der Waals surface area (Å²) >= 11 is 3.54. The van der Waals surface area contributed by atoms with Gasteiger partial charge in [-0.05, 0) is 42.7 Å². The van der Waals surface area contributed by atoms with Crippen LogP contribution in [0.5, 0.6) is 5.75 Å². The summed E-state index contributed by atoms with van der Waals surface area (Å²) in [6, 6.07) is 16.1. The predicted octanol–water partition coefficient (Wildman–Crippen LogP) is 4.53. The van der Waals surface area contributed by atoms with Gasteiger partial charge in [-0.25, -0.2) is 0 Å². The highest BCUT2D eigenvalue weighted by molar-refractivity contribution is 14.0. The number of halogens is 2. The predicted molar refractivity (Wildman–Crippen MR) is 114 cm³/mol. The van der Waals surface area contributed by atoms with E-state index in [0.29, 0.717) is 12.5 Å². The van der Waals surface area contributed by atoms with Gasteiger partial charge in [0.1, 0.15) is 5.75 Å². The van der Waals surface area contributed by atoms with E-state index in [0.717, 1.165) is 28.8 Å². The Hall–Kier alpha value is -1.28. The average molecular weight is 502 g/mol. The van der Waals surface area contributed by atoms with Gasteiger partial charge < -0.3 is 15.8 Å². The molecule has 0 radical (unpaired) electrons. The fraction of sp³-hybridized carbons (Fsp3) is 0.278. The fourth-order valence-electron chi connectivity index (χ4n) is 2.63. The molecule has 24 heavy (non-hydrogen) atoms. The van der Waals surface area contributed by atoms with Crippen molar-refractivity contribution in [1.82, 2.24) is 0 Å². The molecule has 1 aliphatic rings. The molecule has 0 saturated heterocycles. The molecule has 1 fully saturated rings. The number of methoxy groups -OCH3 is 1. The van der Waals surface area contributed by atoms with Crippen LogP contribution in [-0.4, -0.2) is 19.6 Å². The molecule has 6 heteroatoms. The minimum atomic E-state index is 0. The van der Waals surface area contributed by atoms with Crippen LogP contribution in [0, 0.1) is 0 Å². The molecule has 3 N–H and O–H groups in total. The largest absolute Gasteiger partial charge is 0.497 e. The second-order valence-corrected chi connectivity index (χ2v) is 6.76. The lowest BCUT2D eigenvalue weighted by atomic mass is 9.96. The summed E-state index contributed by atoms with van der Waals surface area (Å²) in [4.78, 5) is 4.54. The standard InChI is InChI=1S/C18H20BrN3O.HI/c1-23-16-7-3-6-15(11-16)22-17(20)21-12-18(8-9-18)13-4-2-5-14(19)10-13;/h2-7,10-11H,8-9,12H2,1H3,(H3,20,21,22);1H. The first-order valence-corrected chi connectivity index (χ1v) is 8.38. The highest BCUT2D eigenvalue weighted by Gasteiger charge is 2.44. The number of rotatable bonds is 5. The normalized spacial score (nSPS) is 15.3. The molecule has 2 aromatic carbocycles. The molecular weight excluding hydrogens is 481 g/mol. The van der Waals surface area contributed by atoms with E-state index in [1.165, 1.54) is 5.56 Å². The Morgan fingerprint density at radius 1 is 1.25 bits per heavy atom. The summed E-state index contributed by atoms with van der Waals surface area (Å²) in [6.07, 6.45) is 2.30. The summed E-state index contributed by atoms with van der Waals surface area (Å²) < 4.78 is 6.31. The van der Waals surface area contributed by atoms with Gasteiger partial charge in [-0.1, -0.05) is 34.1 Å². The number of nitrogens with two attached hydrogens (primary N) is 1. The smallest absolute Gasteiger partial charge is 0.193 e. The number of nitrogens with one attached hydrogen (secondary N) is 1. The topological polar surface area (TPSA) is 59.6 Å². The van der Waals surface area contributed by atoms with E-state index < -0.39 is 0 Å². The lowest BCUT2D eigenvalue weighted by Gasteiger charge is -2.14. The van der Waals surface area contributed by atoms with Crippen molar-refractivity contribution in [2.75, 3.05) is 19.0 Å². The zero-order valence-corrected chi connectivity index (χ0v) is 17.4. The van der Waals surface area contributed by atoms with E-state index in [9.17, 15) is 0 Å². The molecular formula is C18H21BrIN3O. The monoisotopic (exact) mass is 501 g/mol. The molecule has 128 valence electrons. The molecule has 2 aromatic rings. The molecule has 4 nitrogen and oxygen atoms in total. The van der Waals surface area contributed by atoms with Gasteiger partial charge in [0.25, 0.3) is 0 Å². The third-order valence-corrected chi connectivity index (χ3v) is 4.68. The molecule has 1 aliphatic carbocycles. The zero-order valence-electron chi connectivity index (χ0n) is 13.5. The van der Waals surface area contributed by atoms with Crippen molar-refractivity contribution in [1.29, 1.82) is 0 Å². The first kappa shape index (κ1) is 19.1. The van der Waals surface area contributed by atoms with Gasteiger partial charge >= 0.3 is 0 Å². The molecule has 0 aromatic heterocycles. The number of hydrogen-bond acceptors (Lipinski definition) is 2. The quantitative estimate of drug-likeness (QED) is 0.359. The highest BCUT2D eigenvalue weighted by Crippen LogP contribution is 2.48. The number of benzene rings is 2. The summed E-state index contributed by atoms with van der Waals surface area (Å²) in [7, 11) is 1.64. The van der Waals surface area contributed by atoms with Crippen LogP contribution >= 0.6 is 39.9 Å². The summed E-state index contributed by atoms with van der Waals surface area (Å²) in [5, 5.41) is 3.12. The Morgan fingerprint density at radius 3 is 2.67 bits per heavy atom. The molecule has 0 atom stereocenters. The SMILES string of the molecule is COc1cccc(NC(N)=NCC2(c3cccc(Br)c3)CC2)c1.I. The maximum absolute atomic E-state index is 6.03. The molecule has 1 saturated carbocycles. The van der Waals surface area contributed by atoms with Gasteiger partial charge in [0, 0.05) is 21.6 Å². The van der Waals surface area contributed by atoms with Crippen molar-refractivity contribution >= 4 is 51.6 Å². The Labute approximate surface area is 168 Å². The minimum absolute atomic E-state index is 0. The van der Waals surface area contributed by atoms with Crippen LogP contribution < -0.4 is 15.8 Å². The maximum atomic E-state index is 6.03. The van der Waals surface area contributed by atoms with Crippen molar-refractivity contribution in [3.63, 3.8) is 0 Å². The molecule has 0 unspecified atom stereocenters.